The van der Waals surface area contributed by atoms with Crippen molar-refractivity contribution in [3.63, 3.8) is 0 Å². The normalized spacial score (nSPS) is 24.9. The minimum atomic E-state index is 0. The summed E-state index contributed by atoms with van der Waals surface area (Å²) < 4.78 is 0. The van der Waals surface area contributed by atoms with Gasteiger partial charge in [-0.2, -0.15) is 0 Å². The highest BCUT2D eigenvalue weighted by atomic mass is 15.0. The average Bonchev–Trinajstić information content (AvgIpc) is 2.56. The molecule has 25 heavy (non-hydrogen) atoms. The molecule has 1 heteroatoms. The zero-order valence-electron chi connectivity index (χ0n) is 17.1. The lowest BCUT2D eigenvalue weighted by Gasteiger charge is -2.41. The van der Waals surface area contributed by atoms with Crippen molar-refractivity contribution in [2.24, 2.45) is 17.8 Å². The van der Waals surface area contributed by atoms with Crippen LogP contribution >= 0.6 is 0 Å². The Bertz CT molecular complexity index is 447. The van der Waals surface area contributed by atoms with Crippen LogP contribution in [-0.4, -0.2) is 6.04 Å². The molecule has 0 aromatic heterocycles. The van der Waals surface area contributed by atoms with Gasteiger partial charge in [0.05, 0.1) is 0 Å². The van der Waals surface area contributed by atoms with Gasteiger partial charge in [0.2, 0.25) is 0 Å². The zero-order chi connectivity index (χ0) is 18.1. The van der Waals surface area contributed by atoms with E-state index in [0.29, 0.717) is 17.9 Å². The largest absolute Gasteiger partial charge is 0.384 e. The maximum atomic E-state index is 4.43. The van der Waals surface area contributed by atoms with Gasteiger partial charge < -0.3 is 5.32 Å². The highest BCUT2D eigenvalue weighted by Crippen LogP contribution is 2.39. The highest BCUT2D eigenvalue weighted by Gasteiger charge is 2.34. The van der Waals surface area contributed by atoms with Gasteiger partial charge in [-0.3, -0.25) is 0 Å². The molecule has 1 nitrogen and oxygen atoms in total. The molecule has 2 rings (SSSR count). The maximum absolute atomic E-state index is 4.43. The van der Waals surface area contributed by atoms with E-state index >= 15 is 0 Å². The molecular formula is C24H47N. The van der Waals surface area contributed by atoms with Crippen LogP contribution in [0.1, 0.15) is 95.3 Å². The fourth-order valence-corrected chi connectivity index (χ4v) is 4.02. The third kappa shape index (κ3) is 7.04. The van der Waals surface area contributed by atoms with Gasteiger partial charge in [-0.25, -0.2) is 0 Å². The number of nitrogens with one attached hydrogen (secondary N) is 1. The second-order valence-electron chi connectivity index (χ2n) is 7.78. The minimum absolute atomic E-state index is 0. The molecule has 0 radical (unpaired) electrons. The van der Waals surface area contributed by atoms with Crippen molar-refractivity contribution < 1.29 is 1.43 Å². The van der Waals surface area contributed by atoms with Crippen LogP contribution in [0.3, 0.4) is 0 Å². The van der Waals surface area contributed by atoms with Crippen LogP contribution in [0, 0.1) is 17.8 Å². The number of hydrogen-bond acceptors (Lipinski definition) is 1. The number of rotatable bonds is 7. The molecule has 1 heterocycles. The van der Waals surface area contributed by atoms with Crippen molar-refractivity contribution in [2.75, 3.05) is 0 Å². The van der Waals surface area contributed by atoms with Crippen molar-refractivity contribution in [2.45, 2.75) is 100.0 Å². The Kier molecular flexibility index (Phi) is 11.9. The standard InChI is InChI=1S/C21H35N.C2H6.CH4.H2/c1-15(2)11-8-6-7-9-13-19-17(4)18(5)21-16(3)12-10-14-20(21)22-19;1-2;;/h10,12,15-16,20-22H,5-9,11,13-14H2,1-4H3;1-2H3;1H4;1H. The molecule has 1 aliphatic heterocycles. The van der Waals surface area contributed by atoms with Gasteiger partial charge in [-0.15, -0.1) is 0 Å². The van der Waals surface area contributed by atoms with E-state index in [1.165, 1.54) is 55.4 Å². The lowest BCUT2D eigenvalue weighted by Crippen LogP contribution is -2.44. The van der Waals surface area contributed by atoms with Crippen molar-refractivity contribution in [3.05, 3.63) is 35.6 Å². The van der Waals surface area contributed by atoms with Crippen molar-refractivity contribution in [1.82, 2.24) is 5.32 Å². The summed E-state index contributed by atoms with van der Waals surface area (Å²) >= 11 is 0. The fraction of sp³-hybridized carbons (Fsp3) is 0.750. The summed E-state index contributed by atoms with van der Waals surface area (Å²) in [4.78, 5) is 0. The second-order valence-corrected chi connectivity index (χ2v) is 7.78. The molecule has 0 amide bonds. The summed E-state index contributed by atoms with van der Waals surface area (Å²) in [7, 11) is 0. The van der Waals surface area contributed by atoms with E-state index in [9.17, 15) is 0 Å². The van der Waals surface area contributed by atoms with E-state index in [1.807, 2.05) is 13.8 Å². The molecule has 0 fully saturated rings. The zero-order valence-corrected chi connectivity index (χ0v) is 17.1. The van der Waals surface area contributed by atoms with Crippen LogP contribution in [-0.2, 0) is 0 Å². The van der Waals surface area contributed by atoms with Crippen LogP contribution in [0.15, 0.2) is 35.6 Å². The van der Waals surface area contributed by atoms with Crippen molar-refractivity contribution in [3.8, 4) is 0 Å². The average molecular weight is 350 g/mol. The quantitative estimate of drug-likeness (QED) is 0.364. The molecule has 1 N–H and O–H groups in total. The molecule has 0 saturated carbocycles. The minimum Gasteiger partial charge on any atom is -0.384 e. The number of allylic oxidation sites excluding steroid dienone is 3. The number of unbranched alkanes of at least 4 members (excludes halogenated alkanes) is 3. The van der Waals surface area contributed by atoms with E-state index in [0.717, 1.165) is 12.3 Å². The summed E-state index contributed by atoms with van der Waals surface area (Å²) in [5, 5.41) is 3.84. The van der Waals surface area contributed by atoms with E-state index in [2.05, 4.69) is 51.7 Å². The Balaban J connectivity index is 0. The summed E-state index contributed by atoms with van der Waals surface area (Å²) in [6, 6.07) is 0.576. The molecule has 1 aliphatic carbocycles. The molecule has 0 bridgehead atoms. The highest BCUT2D eigenvalue weighted by molar-refractivity contribution is 5.39. The summed E-state index contributed by atoms with van der Waals surface area (Å²) in [6.07, 6.45) is 13.9. The van der Waals surface area contributed by atoms with Crippen molar-refractivity contribution >= 4 is 0 Å². The van der Waals surface area contributed by atoms with Gasteiger partial charge in [0.15, 0.2) is 0 Å². The smallest absolute Gasteiger partial charge is 0.0366 e. The van der Waals surface area contributed by atoms with Gasteiger partial charge in [0.1, 0.15) is 0 Å². The Hall–Kier alpha value is -0.980. The Labute approximate surface area is 160 Å². The first kappa shape index (κ1) is 24.0. The topological polar surface area (TPSA) is 12.0 Å². The molecule has 0 spiro atoms. The van der Waals surface area contributed by atoms with Crippen LogP contribution in [0.4, 0.5) is 0 Å². The Morgan fingerprint density at radius 3 is 2.48 bits per heavy atom. The molecule has 3 atom stereocenters. The predicted molar refractivity (Wildman–Crippen MR) is 118 cm³/mol. The van der Waals surface area contributed by atoms with Gasteiger partial charge in [-0.1, -0.05) is 86.5 Å². The number of fused-ring (bicyclic) bond motifs is 1. The Morgan fingerprint density at radius 2 is 1.84 bits per heavy atom. The summed E-state index contributed by atoms with van der Waals surface area (Å²) in [5.41, 5.74) is 4.29. The molecular weight excluding hydrogens is 302 g/mol. The SMILES string of the molecule is C.C=C1C(C)=C(CCCCCCC(C)C)NC2CC=CC(C)C12.CC.[HH]. The van der Waals surface area contributed by atoms with Crippen LogP contribution in [0.2, 0.25) is 0 Å². The monoisotopic (exact) mass is 349 g/mol. The van der Waals surface area contributed by atoms with Gasteiger partial charge in [0.25, 0.3) is 0 Å². The predicted octanol–water partition coefficient (Wildman–Crippen LogP) is 7.91. The maximum Gasteiger partial charge on any atom is 0.0366 e. The van der Waals surface area contributed by atoms with E-state index in [4.69, 9.17) is 0 Å². The van der Waals surface area contributed by atoms with Gasteiger partial charge >= 0.3 is 0 Å². The van der Waals surface area contributed by atoms with E-state index < -0.39 is 0 Å². The van der Waals surface area contributed by atoms with E-state index in [1.54, 1.807) is 0 Å². The van der Waals surface area contributed by atoms with Gasteiger partial charge in [-0.05, 0) is 49.2 Å². The summed E-state index contributed by atoms with van der Waals surface area (Å²) in [5.74, 6) is 2.07. The summed E-state index contributed by atoms with van der Waals surface area (Å²) in [6.45, 7) is 17.7. The fourth-order valence-electron chi connectivity index (χ4n) is 4.02. The number of hydrogen-bond donors (Lipinski definition) is 1. The molecule has 0 saturated heterocycles. The third-order valence-corrected chi connectivity index (χ3v) is 5.48. The Morgan fingerprint density at radius 1 is 1.20 bits per heavy atom. The first-order valence-corrected chi connectivity index (χ1v) is 10.3. The lowest BCUT2D eigenvalue weighted by atomic mass is 9.72. The molecule has 2 aliphatic rings. The van der Waals surface area contributed by atoms with Gasteiger partial charge in [0, 0.05) is 19.1 Å². The molecule has 0 aromatic carbocycles. The lowest BCUT2D eigenvalue weighted by molar-refractivity contribution is 0.326. The molecule has 148 valence electrons. The first-order chi connectivity index (χ1) is 11.5. The van der Waals surface area contributed by atoms with Crippen LogP contribution in [0.5, 0.6) is 0 Å². The van der Waals surface area contributed by atoms with Crippen LogP contribution in [0.25, 0.3) is 0 Å². The third-order valence-electron chi connectivity index (χ3n) is 5.48. The molecule has 3 unspecified atom stereocenters. The second kappa shape index (κ2) is 12.4. The first-order valence-electron chi connectivity index (χ1n) is 10.3. The van der Waals surface area contributed by atoms with E-state index in [-0.39, 0.29) is 8.85 Å². The van der Waals surface area contributed by atoms with Crippen LogP contribution < -0.4 is 5.32 Å². The molecule has 0 aromatic rings. The van der Waals surface area contributed by atoms with Crippen molar-refractivity contribution in [1.29, 1.82) is 0 Å².